The summed E-state index contributed by atoms with van der Waals surface area (Å²) in [6, 6.07) is 0. The molecule has 2 rings (SSSR count). The molecule has 0 bridgehead atoms. The van der Waals surface area contributed by atoms with Crippen molar-refractivity contribution in [2.45, 2.75) is 56.3 Å². The Labute approximate surface area is 129 Å². The SMILES string of the molecule is C=CCCCC[C@H](O)C12NC(=O)C(CCCl)[C@]1(C)OC2=O. The van der Waals surface area contributed by atoms with Gasteiger partial charge in [-0.1, -0.05) is 12.5 Å². The van der Waals surface area contributed by atoms with E-state index in [2.05, 4.69) is 11.9 Å². The molecular formula is C15H22ClNO4. The summed E-state index contributed by atoms with van der Waals surface area (Å²) >= 11 is 5.73. The highest BCUT2D eigenvalue weighted by Gasteiger charge is 2.78. The summed E-state index contributed by atoms with van der Waals surface area (Å²) in [7, 11) is 0. The van der Waals surface area contributed by atoms with Gasteiger partial charge in [0.1, 0.15) is 0 Å². The number of ether oxygens (including phenoxy) is 1. The maximum atomic E-state index is 12.1. The van der Waals surface area contributed by atoms with Gasteiger partial charge < -0.3 is 15.2 Å². The van der Waals surface area contributed by atoms with Gasteiger partial charge in [-0.2, -0.15) is 0 Å². The first-order valence-corrected chi connectivity index (χ1v) is 7.88. The molecule has 0 aliphatic carbocycles. The van der Waals surface area contributed by atoms with Gasteiger partial charge >= 0.3 is 5.97 Å². The van der Waals surface area contributed by atoms with Crippen molar-refractivity contribution >= 4 is 23.5 Å². The number of nitrogens with one attached hydrogen (secondary N) is 1. The van der Waals surface area contributed by atoms with Gasteiger partial charge in [0.05, 0.1) is 12.0 Å². The summed E-state index contributed by atoms with van der Waals surface area (Å²) in [5.41, 5.74) is -2.32. The molecule has 118 valence electrons. The standard InChI is InChI=1S/C15H22ClNO4/c1-3-4-5-6-7-11(18)15-13(20)21-14(15,2)10(8-9-16)12(19)17-15/h3,10-11,18H,1,4-9H2,2H3,(H,17,19)/t10?,11-,14-,15?/m0/s1. The molecule has 0 saturated carbocycles. The number of fused-ring (bicyclic) bond motifs is 1. The summed E-state index contributed by atoms with van der Waals surface area (Å²) in [6.07, 6.45) is 4.24. The molecule has 2 unspecified atom stereocenters. The predicted molar refractivity (Wildman–Crippen MR) is 78.9 cm³/mol. The number of hydrogen-bond donors (Lipinski definition) is 2. The van der Waals surface area contributed by atoms with Crippen LogP contribution in [-0.4, -0.2) is 40.1 Å². The molecular weight excluding hydrogens is 294 g/mol. The number of aliphatic hydroxyl groups is 1. The van der Waals surface area contributed by atoms with Crippen LogP contribution >= 0.6 is 11.6 Å². The van der Waals surface area contributed by atoms with E-state index in [-0.39, 0.29) is 5.91 Å². The van der Waals surface area contributed by atoms with Crippen LogP contribution in [0, 0.1) is 5.92 Å². The molecule has 4 atom stereocenters. The lowest BCUT2D eigenvalue weighted by atomic mass is 9.67. The number of alkyl halides is 1. The molecule has 5 nitrogen and oxygen atoms in total. The van der Waals surface area contributed by atoms with E-state index in [9.17, 15) is 14.7 Å². The maximum Gasteiger partial charge on any atom is 0.339 e. The lowest BCUT2D eigenvalue weighted by Crippen LogP contribution is -2.79. The summed E-state index contributed by atoms with van der Waals surface area (Å²) in [5.74, 6) is -1.02. The normalized spacial score (nSPS) is 35.5. The first-order chi connectivity index (χ1) is 9.94. The van der Waals surface area contributed by atoms with Crippen LogP contribution in [0.2, 0.25) is 0 Å². The Balaban J connectivity index is 2.13. The quantitative estimate of drug-likeness (QED) is 0.308. The zero-order valence-electron chi connectivity index (χ0n) is 12.2. The minimum Gasteiger partial charge on any atom is -0.453 e. The van der Waals surface area contributed by atoms with Gasteiger partial charge in [-0.25, -0.2) is 4.79 Å². The van der Waals surface area contributed by atoms with Gasteiger partial charge in [-0.3, -0.25) is 4.79 Å². The lowest BCUT2D eigenvalue weighted by Gasteiger charge is -2.53. The maximum absolute atomic E-state index is 12.1. The van der Waals surface area contributed by atoms with E-state index >= 15 is 0 Å². The van der Waals surface area contributed by atoms with Gasteiger partial charge in [-0.05, 0) is 32.6 Å². The van der Waals surface area contributed by atoms with E-state index < -0.39 is 29.1 Å². The number of hydrogen-bond acceptors (Lipinski definition) is 4. The van der Waals surface area contributed by atoms with E-state index in [1.54, 1.807) is 6.92 Å². The third-order valence-corrected chi connectivity index (χ3v) is 4.96. The van der Waals surface area contributed by atoms with E-state index in [1.165, 1.54) is 0 Å². The number of aliphatic hydroxyl groups excluding tert-OH is 1. The zero-order valence-corrected chi connectivity index (χ0v) is 13.0. The molecule has 0 radical (unpaired) electrons. The molecule has 0 spiro atoms. The zero-order chi connectivity index (χ0) is 15.7. The van der Waals surface area contributed by atoms with E-state index in [0.717, 1.165) is 19.3 Å². The fraction of sp³-hybridized carbons (Fsp3) is 0.733. The molecule has 21 heavy (non-hydrogen) atoms. The molecule has 0 aromatic rings. The highest BCUT2D eigenvalue weighted by molar-refractivity contribution is 6.18. The Morgan fingerprint density at radius 1 is 1.52 bits per heavy atom. The van der Waals surface area contributed by atoms with Crippen molar-refractivity contribution in [2.24, 2.45) is 5.92 Å². The minimum absolute atomic E-state index is 0.269. The fourth-order valence-electron chi connectivity index (χ4n) is 3.47. The lowest BCUT2D eigenvalue weighted by molar-refractivity contribution is -0.235. The Kier molecular flexibility index (Phi) is 4.63. The number of esters is 1. The fourth-order valence-corrected chi connectivity index (χ4v) is 3.69. The third kappa shape index (κ3) is 2.27. The number of amides is 1. The number of halogens is 1. The molecule has 0 aromatic carbocycles. The van der Waals surface area contributed by atoms with E-state index in [4.69, 9.17) is 16.3 Å². The van der Waals surface area contributed by atoms with Crippen LogP contribution in [0.1, 0.15) is 39.0 Å². The Morgan fingerprint density at radius 2 is 2.24 bits per heavy atom. The largest absolute Gasteiger partial charge is 0.453 e. The molecule has 2 N–H and O–H groups in total. The van der Waals surface area contributed by atoms with Crippen LogP contribution < -0.4 is 5.32 Å². The van der Waals surface area contributed by atoms with Crippen molar-refractivity contribution < 1.29 is 19.4 Å². The number of rotatable bonds is 8. The van der Waals surface area contributed by atoms with Gasteiger partial charge in [0.2, 0.25) is 11.4 Å². The highest BCUT2D eigenvalue weighted by atomic mass is 35.5. The van der Waals surface area contributed by atoms with Crippen molar-refractivity contribution in [3.8, 4) is 0 Å². The molecule has 2 fully saturated rings. The second kappa shape index (κ2) is 5.97. The third-order valence-electron chi connectivity index (χ3n) is 4.74. The number of allylic oxidation sites excluding steroid dienone is 1. The van der Waals surface area contributed by atoms with Crippen molar-refractivity contribution in [2.75, 3.05) is 5.88 Å². The summed E-state index contributed by atoms with van der Waals surface area (Å²) in [5, 5.41) is 13.2. The minimum atomic E-state index is -1.31. The Morgan fingerprint density at radius 3 is 2.81 bits per heavy atom. The average molecular weight is 316 g/mol. The van der Waals surface area contributed by atoms with Crippen LogP contribution in [0.3, 0.4) is 0 Å². The summed E-state index contributed by atoms with van der Waals surface area (Å²) < 4.78 is 5.28. The van der Waals surface area contributed by atoms with Gasteiger partial charge in [-0.15, -0.1) is 18.2 Å². The van der Waals surface area contributed by atoms with Crippen molar-refractivity contribution in [1.82, 2.24) is 5.32 Å². The molecule has 1 amide bonds. The van der Waals surface area contributed by atoms with Crippen molar-refractivity contribution in [3.05, 3.63) is 12.7 Å². The highest BCUT2D eigenvalue weighted by Crippen LogP contribution is 2.52. The van der Waals surface area contributed by atoms with Gasteiger partial charge in [0.15, 0.2) is 5.60 Å². The van der Waals surface area contributed by atoms with Crippen molar-refractivity contribution in [3.63, 3.8) is 0 Å². The van der Waals surface area contributed by atoms with Crippen molar-refractivity contribution in [1.29, 1.82) is 0 Å². The predicted octanol–water partition coefficient (Wildman–Crippen LogP) is 1.52. The molecule has 2 saturated heterocycles. The molecule has 6 heteroatoms. The monoisotopic (exact) mass is 315 g/mol. The molecule has 2 heterocycles. The second-order valence-corrected chi connectivity index (χ2v) is 6.29. The van der Waals surface area contributed by atoms with Crippen LogP contribution in [0.5, 0.6) is 0 Å². The summed E-state index contributed by atoms with van der Waals surface area (Å²) in [6.45, 7) is 5.35. The van der Waals surface area contributed by atoms with Crippen LogP contribution in [0.4, 0.5) is 0 Å². The van der Waals surface area contributed by atoms with Crippen LogP contribution in [0.25, 0.3) is 0 Å². The molecule has 2 aliphatic rings. The molecule has 0 aromatic heterocycles. The smallest absolute Gasteiger partial charge is 0.339 e. The average Bonchev–Trinajstić information content (AvgIpc) is 2.61. The first kappa shape index (κ1) is 16.3. The first-order valence-electron chi connectivity index (χ1n) is 7.34. The number of carbonyl (C=O) groups is 2. The Hall–Kier alpha value is -1.07. The van der Waals surface area contributed by atoms with E-state index in [1.807, 2.05) is 6.08 Å². The van der Waals surface area contributed by atoms with Gasteiger partial charge in [0, 0.05) is 5.88 Å². The topological polar surface area (TPSA) is 75.6 Å². The number of carbonyl (C=O) groups excluding carboxylic acids is 2. The van der Waals surface area contributed by atoms with Crippen LogP contribution in [-0.2, 0) is 14.3 Å². The summed E-state index contributed by atoms with van der Waals surface area (Å²) in [4.78, 5) is 24.2. The van der Waals surface area contributed by atoms with Crippen LogP contribution in [0.15, 0.2) is 12.7 Å². The van der Waals surface area contributed by atoms with Gasteiger partial charge in [0.25, 0.3) is 0 Å². The second-order valence-electron chi connectivity index (χ2n) is 5.91. The Bertz CT molecular complexity index is 455. The van der Waals surface area contributed by atoms with E-state index in [0.29, 0.717) is 18.7 Å². The molecule has 2 aliphatic heterocycles. The number of unbranched alkanes of at least 4 members (excludes halogenated alkanes) is 2.